The van der Waals surface area contributed by atoms with E-state index in [2.05, 4.69) is 10.2 Å². The van der Waals surface area contributed by atoms with Crippen LogP contribution in [0.25, 0.3) is 0 Å². The first-order valence-electron chi connectivity index (χ1n) is 9.51. The van der Waals surface area contributed by atoms with E-state index < -0.39 is 17.2 Å². The Labute approximate surface area is 167 Å². The van der Waals surface area contributed by atoms with Crippen LogP contribution in [0.2, 0.25) is 0 Å². The Morgan fingerprint density at radius 2 is 1.90 bits per heavy atom. The molecule has 0 radical (unpaired) electrons. The van der Waals surface area contributed by atoms with E-state index in [-0.39, 0.29) is 22.8 Å². The van der Waals surface area contributed by atoms with Crippen molar-refractivity contribution >= 4 is 23.3 Å². The van der Waals surface area contributed by atoms with E-state index in [1.165, 1.54) is 6.07 Å². The monoisotopic (exact) mass is 392 g/mol. The van der Waals surface area contributed by atoms with Crippen LogP contribution in [-0.4, -0.2) is 34.3 Å². The molecule has 0 bridgehead atoms. The number of aryl methyl sites for hydroxylation is 1. The molecule has 5 rings (SSSR count). The number of carbonyl (C=O) groups excluding carboxylic acids is 2. The molecule has 1 saturated heterocycles. The van der Waals surface area contributed by atoms with Gasteiger partial charge in [0.05, 0.1) is 12.0 Å². The normalized spacial score (nSPS) is 20.8. The van der Waals surface area contributed by atoms with Gasteiger partial charge in [0, 0.05) is 17.0 Å². The molecule has 1 spiro atoms. The van der Waals surface area contributed by atoms with Gasteiger partial charge in [0.1, 0.15) is 17.2 Å². The molecule has 0 atom stereocenters. The molecule has 2 aromatic rings. The minimum Gasteiger partial charge on any atom is -0.492 e. The lowest BCUT2D eigenvalue weighted by molar-refractivity contribution is -0.124. The molecule has 1 saturated carbocycles. The summed E-state index contributed by atoms with van der Waals surface area (Å²) in [6.45, 7) is 5.79. The van der Waals surface area contributed by atoms with Crippen molar-refractivity contribution in [2.75, 3.05) is 11.5 Å². The van der Waals surface area contributed by atoms with Gasteiger partial charge in [-0.15, -0.1) is 10.2 Å². The van der Waals surface area contributed by atoms with Crippen molar-refractivity contribution in [3.8, 4) is 17.4 Å². The smallest absolute Gasteiger partial charge is 0.281 e. The summed E-state index contributed by atoms with van der Waals surface area (Å²) in [5.74, 6) is 0.763. The summed E-state index contributed by atoms with van der Waals surface area (Å²) < 4.78 is 11.9. The largest absolute Gasteiger partial charge is 0.492 e. The van der Waals surface area contributed by atoms with Crippen molar-refractivity contribution in [3.63, 3.8) is 0 Å². The van der Waals surface area contributed by atoms with Gasteiger partial charge in [0.25, 0.3) is 5.91 Å². The van der Waals surface area contributed by atoms with Crippen LogP contribution in [0.1, 0.15) is 37.8 Å². The lowest BCUT2D eigenvalue weighted by Gasteiger charge is -2.16. The van der Waals surface area contributed by atoms with Crippen molar-refractivity contribution in [2.24, 2.45) is 5.41 Å². The molecule has 0 unspecified atom stereocenters. The maximum absolute atomic E-state index is 12.5. The second-order valence-corrected chi connectivity index (χ2v) is 8.43. The van der Waals surface area contributed by atoms with Crippen LogP contribution in [0.15, 0.2) is 24.3 Å². The minimum absolute atomic E-state index is 0.0460. The van der Waals surface area contributed by atoms with Crippen LogP contribution in [0, 0.1) is 17.7 Å². The fraction of sp³-hybridized carbons (Fsp3) is 0.381. The first kappa shape index (κ1) is 17.8. The van der Waals surface area contributed by atoms with Crippen LogP contribution in [0.4, 0.5) is 5.82 Å². The van der Waals surface area contributed by atoms with Crippen molar-refractivity contribution in [2.45, 2.75) is 39.0 Å². The predicted octanol–water partition coefficient (Wildman–Crippen LogP) is 2.92. The predicted molar refractivity (Wildman–Crippen MR) is 104 cm³/mol. The van der Waals surface area contributed by atoms with Crippen molar-refractivity contribution < 1.29 is 19.1 Å². The van der Waals surface area contributed by atoms with Gasteiger partial charge in [-0.2, -0.15) is 0 Å². The number of imide groups is 1. The molecule has 2 amide bonds. The highest BCUT2D eigenvalue weighted by Gasteiger charge is 2.53. The first-order chi connectivity index (χ1) is 13.7. The fourth-order valence-corrected chi connectivity index (χ4v) is 3.93. The van der Waals surface area contributed by atoms with Gasteiger partial charge in [0.2, 0.25) is 11.8 Å². The average molecular weight is 392 g/mol. The molecule has 1 aromatic carbocycles. The van der Waals surface area contributed by atoms with Crippen molar-refractivity contribution in [1.82, 2.24) is 10.2 Å². The Kier molecular flexibility index (Phi) is 3.45. The van der Waals surface area contributed by atoms with Crippen LogP contribution in [0.3, 0.4) is 0 Å². The van der Waals surface area contributed by atoms with Crippen LogP contribution >= 0.6 is 0 Å². The van der Waals surface area contributed by atoms with Gasteiger partial charge in [0.15, 0.2) is 5.82 Å². The Bertz CT molecular complexity index is 1090. The lowest BCUT2D eigenvalue weighted by atomic mass is 9.90. The number of benzene rings is 1. The third-order valence-electron chi connectivity index (χ3n) is 6.04. The van der Waals surface area contributed by atoms with Gasteiger partial charge in [-0.1, -0.05) is 6.07 Å². The second-order valence-electron chi connectivity index (χ2n) is 8.43. The van der Waals surface area contributed by atoms with Crippen molar-refractivity contribution in [1.29, 1.82) is 5.41 Å². The minimum atomic E-state index is -1.17. The molecule has 3 aliphatic rings. The SMILES string of the molecule is Cc1ccc(Oc2ccc(N3C(=O)C(=N)C(C)(C)C3=O)nn2)c2c1OCC21CC1. The number of anilines is 1. The molecule has 8 heteroatoms. The van der Waals surface area contributed by atoms with E-state index in [1.807, 2.05) is 19.1 Å². The van der Waals surface area contributed by atoms with E-state index in [4.69, 9.17) is 14.9 Å². The third-order valence-corrected chi connectivity index (χ3v) is 6.04. The zero-order valence-electron chi connectivity index (χ0n) is 16.4. The summed E-state index contributed by atoms with van der Waals surface area (Å²) in [4.78, 5) is 25.7. The standard InChI is InChI=1S/C21H20N4O4/c1-11-4-5-12(15-16(11)28-10-21(15)8-9-21)29-14-7-6-13(23-24-14)25-18(26)17(22)20(2,3)19(25)27/h4-7,22H,8-10H2,1-3H3. The maximum atomic E-state index is 12.5. The average Bonchev–Trinajstić information content (AvgIpc) is 3.34. The number of ether oxygens (including phenoxy) is 2. The number of hydrogen-bond donors (Lipinski definition) is 1. The quantitative estimate of drug-likeness (QED) is 0.805. The number of nitrogens with zero attached hydrogens (tertiary/aromatic N) is 3. The van der Waals surface area contributed by atoms with Crippen LogP contribution < -0.4 is 14.4 Å². The fourth-order valence-electron chi connectivity index (χ4n) is 3.93. The highest BCUT2D eigenvalue weighted by molar-refractivity contribution is 6.57. The van der Waals surface area contributed by atoms with E-state index in [9.17, 15) is 9.59 Å². The number of aromatic nitrogens is 2. The summed E-state index contributed by atoms with van der Waals surface area (Å²) >= 11 is 0. The van der Waals surface area contributed by atoms with Gasteiger partial charge in [-0.25, -0.2) is 4.90 Å². The summed E-state index contributed by atoms with van der Waals surface area (Å²) in [7, 11) is 0. The molecule has 2 aliphatic heterocycles. The summed E-state index contributed by atoms with van der Waals surface area (Å²) in [6, 6.07) is 6.94. The van der Waals surface area contributed by atoms with E-state index in [0.29, 0.717) is 12.4 Å². The second kappa shape index (κ2) is 5.62. The lowest BCUT2D eigenvalue weighted by Crippen LogP contribution is -2.33. The molecule has 1 aliphatic carbocycles. The Morgan fingerprint density at radius 1 is 1.14 bits per heavy atom. The van der Waals surface area contributed by atoms with Gasteiger partial charge in [-0.05, 0) is 51.3 Å². The third kappa shape index (κ3) is 2.41. The molecule has 2 fully saturated rings. The molecule has 3 heterocycles. The molecule has 1 N–H and O–H groups in total. The summed E-state index contributed by atoms with van der Waals surface area (Å²) in [5, 5.41) is 15.9. The number of rotatable bonds is 3. The Balaban J connectivity index is 1.44. The zero-order valence-corrected chi connectivity index (χ0v) is 16.4. The summed E-state index contributed by atoms with van der Waals surface area (Å²) in [5.41, 5.74) is 0.783. The van der Waals surface area contributed by atoms with Gasteiger partial charge < -0.3 is 9.47 Å². The summed E-state index contributed by atoms with van der Waals surface area (Å²) in [6.07, 6.45) is 2.15. The number of hydrogen-bond acceptors (Lipinski definition) is 7. The van der Waals surface area contributed by atoms with Crippen molar-refractivity contribution in [3.05, 3.63) is 35.4 Å². The molecule has 8 nitrogen and oxygen atoms in total. The zero-order chi connectivity index (χ0) is 20.6. The van der Waals surface area contributed by atoms with Crippen LogP contribution in [-0.2, 0) is 15.0 Å². The molecular formula is C21H20N4O4. The maximum Gasteiger partial charge on any atom is 0.281 e. The van der Waals surface area contributed by atoms with E-state index in [1.54, 1.807) is 19.9 Å². The van der Waals surface area contributed by atoms with E-state index in [0.717, 1.165) is 34.6 Å². The first-order valence-corrected chi connectivity index (χ1v) is 9.51. The number of fused-ring (bicyclic) bond motifs is 2. The van der Waals surface area contributed by atoms with Crippen LogP contribution in [0.5, 0.6) is 17.4 Å². The molecule has 29 heavy (non-hydrogen) atoms. The van der Waals surface area contributed by atoms with Gasteiger partial charge in [-0.3, -0.25) is 15.0 Å². The topological polar surface area (TPSA) is 105 Å². The number of carbonyl (C=O) groups is 2. The van der Waals surface area contributed by atoms with Gasteiger partial charge >= 0.3 is 0 Å². The molecular weight excluding hydrogens is 372 g/mol. The molecule has 148 valence electrons. The number of amides is 2. The number of nitrogens with one attached hydrogen (secondary N) is 1. The van der Waals surface area contributed by atoms with E-state index >= 15 is 0 Å². The highest BCUT2D eigenvalue weighted by Crippen LogP contribution is 2.59. The highest BCUT2D eigenvalue weighted by atomic mass is 16.5. The molecule has 1 aromatic heterocycles. The Morgan fingerprint density at radius 3 is 2.48 bits per heavy atom. The Hall–Kier alpha value is -3.29.